The average molecular weight is 310 g/mol. The van der Waals surface area contributed by atoms with Gasteiger partial charge in [0.2, 0.25) is 0 Å². The van der Waals surface area contributed by atoms with Crippen LogP contribution in [0.5, 0.6) is 0 Å². The second-order valence-corrected chi connectivity index (χ2v) is 11.9. The first-order valence-corrected chi connectivity index (χ1v) is 11.7. The summed E-state index contributed by atoms with van der Waals surface area (Å²) in [5.41, 5.74) is 0. The van der Waals surface area contributed by atoms with Crippen LogP contribution in [-0.4, -0.2) is 26.2 Å². The molecule has 2 heteroatoms. The lowest BCUT2D eigenvalue weighted by atomic mass is 10.1. The highest BCUT2D eigenvalue weighted by atomic mass is 35.5. The lowest BCUT2D eigenvalue weighted by Crippen LogP contribution is -1.92. The molecular weight excluding hydrogens is 271 g/mol. The lowest BCUT2D eigenvalue weighted by molar-refractivity contribution is 0.548. The Bertz CT molecular complexity index is 163. The largest absolute Gasteiger partial charge is 0.147 e. The van der Waals surface area contributed by atoms with E-state index < -0.39 is 7.26 Å². The van der Waals surface area contributed by atoms with Crippen LogP contribution in [0.15, 0.2) is 0 Å². The van der Waals surface area contributed by atoms with Gasteiger partial charge >= 0.3 is 0 Å². The van der Waals surface area contributed by atoms with Crippen molar-refractivity contribution in [3.63, 3.8) is 0 Å². The van der Waals surface area contributed by atoms with Crippen LogP contribution in [0.4, 0.5) is 0 Å². The first-order chi connectivity index (χ1) is 8.56. The molecule has 0 heterocycles. The summed E-state index contributed by atoms with van der Waals surface area (Å²) in [4.78, 5) is 0. The standard InChI is InChI=1S/C17H38P.ClH/c1-5-6-7-8-9-10-11-12-13-14-15-16-17-18(2,3)4;/h5-17H2,1-4H3;1H. The molecule has 0 aromatic rings. The van der Waals surface area contributed by atoms with E-state index in [2.05, 4.69) is 26.9 Å². The van der Waals surface area contributed by atoms with Crippen molar-refractivity contribution in [2.75, 3.05) is 26.2 Å². The van der Waals surface area contributed by atoms with Crippen molar-refractivity contribution in [2.24, 2.45) is 0 Å². The fraction of sp³-hybridized carbons (Fsp3) is 1.00. The van der Waals surface area contributed by atoms with E-state index in [-0.39, 0.29) is 12.4 Å². The predicted molar refractivity (Wildman–Crippen MR) is 97.9 cm³/mol. The van der Waals surface area contributed by atoms with Gasteiger partial charge in [-0.3, -0.25) is 0 Å². The summed E-state index contributed by atoms with van der Waals surface area (Å²) in [6.07, 6.45) is 19.1. The normalized spacial score (nSPS) is 11.4. The first kappa shape index (κ1) is 22.0. The van der Waals surface area contributed by atoms with Crippen LogP contribution in [0.1, 0.15) is 84.0 Å². The maximum atomic E-state index is 2.46. The highest BCUT2D eigenvalue weighted by Crippen LogP contribution is 2.47. The smallest absolute Gasteiger partial charge is 0.0366 e. The van der Waals surface area contributed by atoms with Gasteiger partial charge in [-0.1, -0.05) is 77.6 Å². The third-order valence-corrected chi connectivity index (χ3v) is 5.34. The third-order valence-electron chi connectivity index (χ3n) is 3.68. The van der Waals surface area contributed by atoms with Crippen molar-refractivity contribution in [1.82, 2.24) is 0 Å². The Labute approximate surface area is 130 Å². The van der Waals surface area contributed by atoms with Gasteiger partial charge in [0.05, 0.1) is 0 Å². The molecule has 0 amide bonds. The molecule has 0 unspecified atom stereocenters. The Hall–Kier alpha value is 0.720. The quantitative estimate of drug-likeness (QED) is 0.253. The fourth-order valence-electron chi connectivity index (χ4n) is 2.43. The van der Waals surface area contributed by atoms with E-state index in [9.17, 15) is 0 Å². The van der Waals surface area contributed by atoms with E-state index in [4.69, 9.17) is 0 Å². The molecular formula is C17H39ClP. The number of halogens is 1. The van der Waals surface area contributed by atoms with Crippen molar-refractivity contribution in [2.45, 2.75) is 84.0 Å². The molecule has 0 bridgehead atoms. The Balaban J connectivity index is 0. The monoisotopic (exact) mass is 309 g/mol. The summed E-state index contributed by atoms with van der Waals surface area (Å²) in [5, 5.41) is 0. The maximum absolute atomic E-state index is 2.46. The molecule has 0 saturated carbocycles. The van der Waals surface area contributed by atoms with Gasteiger partial charge in [-0.25, -0.2) is 0 Å². The van der Waals surface area contributed by atoms with E-state index in [0.717, 1.165) is 0 Å². The molecule has 0 nitrogen and oxygen atoms in total. The second-order valence-electron chi connectivity index (χ2n) is 6.90. The molecule has 0 fully saturated rings. The molecule has 1 radical (unpaired) electrons. The molecule has 0 aliphatic rings. The maximum Gasteiger partial charge on any atom is -0.0366 e. The van der Waals surface area contributed by atoms with Gasteiger partial charge in [-0.15, -0.1) is 19.7 Å². The van der Waals surface area contributed by atoms with E-state index in [1.807, 2.05) is 0 Å². The summed E-state index contributed by atoms with van der Waals surface area (Å²) in [7, 11) is -0.496. The average Bonchev–Trinajstić information content (AvgIpc) is 2.29. The van der Waals surface area contributed by atoms with Crippen LogP contribution >= 0.6 is 19.7 Å². The zero-order valence-corrected chi connectivity index (χ0v) is 15.8. The molecule has 0 N–H and O–H groups in total. The SMILES string of the molecule is CCCCCCCCCCCCCC[P](C)(C)C.Cl. The van der Waals surface area contributed by atoms with Crippen molar-refractivity contribution in [1.29, 1.82) is 0 Å². The Morgan fingerprint density at radius 2 is 0.842 bits per heavy atom. The van der Waals surface area contributed by atoms with E-state index in [1.165, 1.54) is 83.2 Å². The summed E-state index contributed by atoms with van der Waals surface area (Å²) < 4.78 is 0. The number of hydrogen-bond donors (Lipinski definition) is 0. The molecule has 0 rings (SSSR count). The fourth-order valence-corrected chi connectivity index (χ4v) is 3.60. The van der Waals surface area contributed by atoms with Crippen molar-refractivity contribution >= 4 is 19.7 Å². The van der Waals surface area contributed by atoms with Crippen molar-refractivity contribution in [3.05, 3.63) is 0 Å². The third kappa shape index (κ3) is 21.2. The molecule has 0 atom stereocenters. The van der Waals surface area contributed by atoms with Crippen LogP contribution in [0.3, 0.4) is 0 Å². The lowest BCUT2D eigenvalue weighted by Gasteiger charge is -2.20. The van der Waals surface area contributed by atoms with Crippen LogP contribution in [-0.2, 0) is 0 Å². The van der Waals surface area contributed by atoms with Gasteiger partial charge in [0.25, 0.3) is 0 Å². The van der Waals surface area contributed by atoms with Crippen LogP contribution in [0, 0.1) is 0 Å². The molecule has 0 aliphatic carbocycles. The van der Waals surface area contributed by atoms with E-state index in [1.54, 1.807) is 0 Å². The van der Waals surface area contributed by atoms with Gasteiger partial charge in [-0.05, 0) is 32.6 Å². The van der Waals surface area contributed by atoms with Gasteiger partial charge in [0.1, 0.15) is 0 Å². The van der Waals surface area contributed by atoms with Gasteiger partial charge in [0.15, 0.2) is 0 Å². The molecule has 0 saturated heterocycles. The summed E-state index contributed by atoms with van der Waals surface area (Å²) in [6, 6.07) is 0. The Kier molecular flexibility index (Phi) is 17.5. The summed E-state index contributed by atoms with van der Waals surface area (Å²) in [6.45, 7) is 9.68. The van der Waals surface area contributed by atoms with Gasteiger partial charge < -0.3 is 0 Å². The molecule has 0 aromatic heterocycles. The molecule has 0 aromatic carbocycles. The minimum absolute atomic E-state index is 0. The van der Waals surface area contributed by atoms with Gasteiger partial charge in [-0.2, -0.15) is 0 Å². The second kappa shape index (κ2) is 15.1. The zero-order chi connectivity index (χ0) is 13.7. The highest BCUT2D eigenvalue weighted by molar-refractivity contribution is 7.73. The zero-order valence-electron chi connectivity index (χ0n) is 14.0. The van der Waals surface area contributed by atoms with Crippen molar-refractivity contribution < 1.29 is 0 Å². The topological polar surface area (TPSA) is 0 Å². The summed E-state index contributed by atoms with van der Waals surface area (Å²) in [5.74, 6) is 0. The highest BCUT2D eigenvalue weighted by Gasteiger charge is 2.05. The predicted octanol–water partition coefficient (Wildman–Crippen LogP) is 7.02. The molecule has 119 valence electrons. The number of unbranched alkanes of at least 4 members (excludes halogenated alkanes) is 11. The minimum atomic E-state index is -0.496. The Morgan fingerprint density at radius 1 is 0.526 bits per heavy atom. The number of hydrogen-bond acceptors (Lipinski definition) is 0. The molecule has 0 aliphatic heterocycles. The summed E-state index contributed by atoms with van der Waals surface area (Å²) >= 11 is 0. The molecule has 19 heavy (non-hydrogen) atoms. The minimum Gasteiger partial charge on any atom is -0.147 e. The molecule has 0 spiro atoms. The van der Waals surface area contributed by atoms with Crippen molar-refractivity contribution in [3.8, 4) is 0 Å². The van der Waals surface area contributed by atoms with Crippen LogP contribution in [0.25, 0.3) is 0 Å². The van der Waals surface area contributed by atoms with Gasteiger partial charge in [0, 0.05) is 0 Å². The van der Waals surface area contributed by atoms with E-state index >= 15 is 0 Å². The first-order valence-electron chi connectivity index (χ1n) is 8.36. The Morgan fingerprint density at radius 3 is 1.16 bits per heavy atom. The van der Waals surface area contributed by atoms with Crippen LogP contribution < -0.4 is 0 Å². The number of rotatable bonds is 13. The van der Waals surface area contributed by atoms with Crippen LogP contribution in [0.2, 0.25) is 0 Å². The van der Waals surface area contributed by atoms with E-state index in [0.29, 0.717) is 0 Å².